The van der Waals surface area contributed by atoms with E-state index < -0.39 is 9.84 Å². The Morgan fingerprint density at radius 2 is 1.80 bits per heavy atom. The molecule has 0 spiro atoms. The fraction of sp³-hybridized carbons (Fsp3) is 0.533. The van der Waals surface area contributed by atoms with Gasteiger partial charge in [0.2, 0.25) is 5.91 Å². The quantitative estimate of drug-likeness (QED) is 0.905. The van der Waals surface area contributed by atoms with Gasteiger partial charge in [-0.2, -0.15) is 0 Å². The first-order chi connectivity index (χ1) is 9.38. The lowest BCUT2D eigenvalue weighted by Crippen LogP contribution is -2.23. The minimum absolute atomic E-state index is 0.269. The predicted molar refractivity (Wildman–Crippen MR) is 78.1 cm³/mol. The van der Waals surface area contributed by atoms with E-state index in [-0.39, 0.29) is 16.7 Å². The van der Waals surface area contributed by atoms with Crippen LogP contribution < -0.4 is 5.73 Å². The first-order valence-electron chi connectivity index (χ1n) is 6.97. The number of amides is 1. The van der Waals surface area contributed by atoms with E-state index in [1.165, 1.54) is 19.1 Å². The molecule has 0 radical (unpaired) electrons. The molecule has 5 heteroatoms. The topological polar surface area (TPSA) is 77.2 Å². The van der Waals surface area contributed by atoms with Crippen LogP contribution in [0.1, 0.15) is 43.6 Å². The van der Waals surface area contributed by atoms with Gasteiger partial charge in [-0.1, -0.05) is 37.8 Å². The van der Waals surface area contributed by atoms with Gasteiger partial charge in [-0.15, -0.1) is 0 Å². The van der Waals surface area contributed by atoms with E-state index in [1.807, 2.05) is 0 Å². The maximum atomic E-state index is 11.7. The second-order valence-electron chi connectivity index (χ2n) is 5.68. The fourth-order valence-corrected chi connectivity index (χ4v) is 3.57. The number of carbonyl (C=O) groups is 1. The zero-order chi connectivity index (χ0) is 14.8. The average Bonchev–Trinajstić information content (AvgIpc) is 2.87. The Hall–Kier alpha value is -1.36. The van der Waals surface area contributed by atoms with Crippen molar-refractivity contribution in [1.29, 1.82) is 0 Å². The monoisotopic (exact) mass is 295 g/mol. The van der Waals surface area contributed by atoms with Crippen LogP contribution in [0.4, 0.5) is 0 Å². The standard InChI is InChI=1S/C15H21NO3S/c1-20(18,19)13-8-6-12(7-9-13)14(15(16)17)10-11-4-2-3-5-11/h6-9,11,14H,2-5,10H2,1H3,(H2,16,17). The Balaban J connectivity index is 2.19. The molecular weight excluding hydrogens is 274 g/mol. The molecule has 0 bridgehead atoms. The number of sulfone groups is 1. The molecule has 20 heavy (non-hydrogen) atoms. The third-order valence-corrected chi connectivity index (χ3v) is 5.23. The molecule has 2 rings (SSSR count). The summed E-state index contributed by atoms with van der Waals surface area (Å²) in [6.45, 7) is 0. The predicted octanol–water partition coefficient (Wildman–Crippen LogP) is 2.24. The van der Waals surface area contributed by atoms with Crippen molar-refractivity contribution >= 4 is 15.7 Å². The Morgan fingerprint density at radius 3 is 2.25 bits per heavy atom. The van der Waals surface area contributed by atoms with Crippen molar-refractivity contribution in [2.24, 2.45) is 11.7 Å². The molecule has 110 valence electrons. The number of rotatable bonds is 5. The Labute approximate surface area is 120 Å². The van der Waals surface area contributed by atoms with Crippen LogP contribution in [0, 0.1) is 5.92 Å². The van der Waals surface area contributed by atoms with Gasteiger partial charge >= 0.3 is 0 Å². The van der Waals surface area contributed by atoms with Gasteiger partial charge in [0, 0.05) is 6.26 Å². The Morgan fingerprint density at radius 1 is 1.25 bits per heavy atom. The lowest BCUT2D eigenvalue weighted by molar-refractivity contribution is -0.119. The van der Waals surface area contributed by atoms with Crippen molar-refractivity contribution in [3.63, 3.8) is 0 Å². The SMILES string of the molecule is CS(=O)(=O)c1ccc(C(CC2CCCC2)C(N)=O)cc1. The molecule has 1 saturated carbocycles. The van der Waals surface area contributed by atoms with Gasteiger partial charge in [-0.25, -0.2) is 8.42 Å². The molecule has 4 nitrogen and oxygen atoms in total. The maximum Gasteiger partial charge on any atom is 0.224 e. The van der Waals surface area contributed by atoms with Crippen LogP contribution in [0.2, 0.25) is 0 Å². The number of nitrogens with two attached hydrogens (primary N) is 1. The highest BCUT2D eigenvalue weighted by molar-refractivity contribution is 7.90. The summed E-state index contributed by atoms with van der Waals surface area (Å²) in [6.07, 6.45) is 6.71. The minimum Gasteiger partial charge on any atom is -0.369 e. The van der Waals surface area contributed by atoms with E-state index in [9.17, 15) is 13.2 Å². The molecule has 1 aromatic carbocycles. The van der Waals surface area contributed by atoms with Crippen LogP contribution in [0.3, 0.4) is 0 Å². The third kappa shape index (κ3) is 3.60. The van der Waals surface area contributed by atoms with Crippen molar-refractivity contribution in [1.82, 2.24) is 0 Å². The van der Waals surface area contributed by atoms with Crippen molar-refractivity contribution in [3.05, 3.63) is 29.8 Å². The van der Waals surface area contributed by atoms with E-state index in [0.717, 1.165) is 24.8 Å². The molecule has 0 aromatic heterocycles. The molecule has 0 heterocycles. The zero-order valence-electron chi connectivity index (χ0n) is 11.7. The fourth-order valence-electron chi connectivity index (χ4n) is 2.94. The van der Waals surface area contributed by atoms with Crippen molar-refractivity contribution < 1.29 is 13.2 Å². The summed E-state index contributed by atoms with van der Waals surface area (Å²) in [5.41, 5.74) is 6.33. The van der Waals surface area contributed by atoms with Gasteiger partial charge in [0.05, 0.1) is 10.8 Å². The van der Waals surface area contributed by atoms with E-state index in [4.69, 9.17) is 5.73 Å². The summed E-state index contributed by atoms with van der Waals surface area (Å²) in [5, 5.41) is 0. The van der Waals surface area contributed by atoms with Gasteiger partial charge in [-0.05, 0) is 30.0 Å². The Bertz CT molecular complexity index is 572. The second kappa shape index (κ2) is 5.95. The van der Waals surface area contributed by atoms with Crippen LogP contribution in [-0.2, 0) is 14.6 Å². The van der Waals surface area contributed by atoms with Gasteiger partial charge in [0.1, 0.15) is 0 Å². The molecule has 1 aliphatic carbocycles. The highest BCUT2D eigenvalue weighted by atomic mass is 32.2. The second-order valence-corrected chi connectivity index (χ2v) is 7.70. The van der Waals surface area contributed by atoms with Gasteiger partial charge in [0.15, 0.2) is 9.84 Å². The highest BCUT2D eigenvalue weighted by Gasteiger charge is 2.25. The molecular formula is C15H21NO3S. The molecule has 1 unspecified atom stereocenters. The van der Waals surface area contributed by atoms with Gasteiger partial charge in [0.25, 0.3) is 0 Å². The smallest absolute Gasteiger partial charge is 0.224 e. The number of primary amides is 1. The molecule has 1 aromatic rings. The van der Waals surface area contributed by atoms with E-state index in [1.54, 1.807) is 24.3 Å². The molecule has 0 saturated heterocycles. The third-order valence-electron chi connectivity index (χ3n) is 4.10. The summed E-state index contributed by atoms with van der Waals surface area (Å²) in [6, 6.07) is 6.52. The van der Waals surface area contributed by atoms with Crippen LogP contribution in [0.5, 0.6) is 0 Å². The van der Waals surface area contributed by atoms with E-state index >= 15 is 0 Å². The van der Waals surface area contributed by atoms with Crippen LogP contribution in [-0.4, -0.2) is 20.6 Å². The van der Waals surface area contributed by atoms with E-state index in [2.05, 4.69) is 0 Å². The van der Waals surface area contributed by atoms with Gasteiger partial charge in [-0.3, -0.25) is 4.79 Å². The summed E-state index contributed by atoms with van der Waals surface area (Å²) >= 11 is 0. The minimum atomic E-state index is -3.20. The molecule has 1 atom stereocenters. The lowest BCUT2D eigenvalue weighted by atomic mass is 9.87. The summed E-state index contributed by atoms with van der Waals surface area (Å²) < 4.78 is 22.9. The van der Waals surface area contributed by atoms with Gasteiger partial charge < -0.3 is 5.73 Å². The Kier molecular flexibility index (Phi) is 4.48. The van der Waals surface area contributed by atoms with Crippen molar-refractivity contribution in [2.75, 3.05) is 6.26 Å². The largest absolute Gasteiger partial charge is 0.369 e. The molecule has 0 aliphatic heterocycles. The lowest BCUT2D eigenvalue weighted by Gasteiger charge is -2.18. The number of hydrogen-bond donors (Lipinski definition) is 1. The van der Waals surface area contributed by atoms with Crippen molar-refractivity contribution in [3.8, 4) is 0 Å². The van der Waals surface area contributed by atoms with E-state index in [0.29, 0.717) is 5.92 Å². The zero-order valence-corrected chi connectivity index (χ0v) is 12.5. The van der Waals surface area contributed by atoms with Crippen molar-refractivity contribution in [2.45, 2.75) is 42.9 Å². The molecule has 1 aliphatic rings. The maximum absolute atomic E-state index is 11.7. The number of carbonyl (C=O) groups excluding carboxylic acids is 1. The molecule has 1 amide bonds. The summed E-state index contributed by atoms with van der Waals surface area (Å²) in [7, 11) is -3.20. The summed E-state index contributed by atoms with van der Waals surface area (Å²) in [4.78, 5) is 11.9. The highest BCUT2D eigenvalue weighted by Crippen LogP contribution is 2.34. The number of benzene rings is 1. The van der Waals surface area contributed by atoms with Crippen LogP contribution >= 0.6 is 0 Å². The van der Waals surface area contributed by atoms with Crippen LogP contribution in [0.25, 0.3) is 0 Å². The first kappa shape index (κ1) is 15.0. The average molecular weight is 295 g/mol. The molecule has 2 N–H and O–H groups in total. The normalized spacial score (nSPS) is 18.1. The molecule has 1 fully saturated rings. The van der Waals surface area contributed by atoms with Crippen LogP contribution in [0.15, 0.2) is 29.2 Å². The number of hydrogen-bond acceptors (Lipinski definition) is 3. The summed E-state index contributed by atoms with van der Waals surface area (Å²) in [5.74, 6) is -0.0854. The first-order valence-corrected chi connectivity index (χ1v) is 8.86.